The number of rotatable bonds is 5. The van der Waals surface area contributed by atoms with Gasteiger partial charge in [0.15, 0.2) is 0 Å². The van der Waals surface area contributed by atoms with E-state index in [9.17, 15) is 9.18 Å². The third kappa shape index (κ3) is 4.36. The van der Waals surface area contributed by atoms with Crippen molar-refractivity contribution in [1.82, 2.24) is 15.2 Å². The van der Waals surface area contributed by atoms with Crippen LogP contribution in [0.3, 0.4) is 0 Å². The predicted molar refractivity (Wildman–Crippen MR) is 79.2 cm³/mol. The molecular formula is C16H18FN3O. The van der Waals surface area contributed by atoms with Gasteiger partial charge >= 0.3 is 0 Å². The maximum absolute atomic E-state index is 13.0. The number of nitrogens with zero attached hydrogens (tertiary/aromatic N) is 2. The summed E-state index contributed by atoms with van der Waals surface area (Å²) < 4.78 is 13.0. The Kier molecular flexibility index (Phi) is 5.00. The van der Waals surface area contributed by atoms with Gasteiger partial charge in [-0.2, -0.15) is 4.39 Å². The molecule has 4 nitrogen and oxygen atoms in total. The Balaban J connectivity index is 2.04. The summed E-state index contributed by atoms with van der Waals surface area (Å²) in [5, 5.41) is 2.77. The summed E-state index contributed by atoms with van der Waals surface area (Å²) in [4.78, 5) is 17.6. The molecule has 0 bridgehead atoms. The van der Waals surface area contributed by atoms with Gasteiger partial charge in [-0.3, -0.25) is 4.79 Å². The van der Waals surface area contributed by atoms with E-state index in [0.717, 1.165) is 17.7 Å². The monoisotopic (exact) mass is 287 g/mol. The number of nitrogens with one attached hydrogen (secondary N) is 1. The van der Waals surface area contributed by atoms with Crippen LogP contribution in [0, 0.1) is 5.95 Å². The topological polar surface area (TPSA) is 45.2 Å². The van der Waals surface area contributed by atoms with Crippen LogP contribution in [0.15, 0.2) is 42.5 Å². The van der Waals surface area contributed by atoms with Crippen molar-refractivity contribution in [2.75, 3.05) is 14.1 Å². The van der Waals surface area contributed by atoms with Crippen molar-refractivity contribution in [2.45, 2.75) is 13.1 Å². The van der Waals surface area contributed by atoms with Crippen LogP contribution >= 0.6 is 0 Å². The molecule has 0 radical (unpaired) electrons. The summed E-state index contributed by atoms with van der Waals surface area (Å²) in [6.07, 6.45) is 0. The van der Waals surface area contributed by atoms with Crippen molar-refractivity contribution in [3.05, 3.63) is 65.2 Å². The number of carbonyl (C=O) groups is 1. The number of benzene rings is 1. The Bertz CT molecular complexity index is 628. The number of aromatic nitrogens is 1. The Morgan fingerprint density at radius 2 is 1.86 bits per heavy atom. The second kappa shape index (κ2) is 6.95. The van der Waals surface area contributed by atoms with Gasteiger partial charge in [0.25, 0.3) is 5.91 Å². The predicted octanol–water partition coefficient (Wildman–Crippen LogP) is 2.21. The van der Waals surface area contributed by atoms with E-state index < -0.39 is 5.95 Å². The maximum Gasteiger partial charge on any atom is 0.270 e. The first-order valence-electron chi connectivity index (χ1n) is 6.68. The van der Waals surface area contributed by atoms with Crippen LogP contribution in [0.1, 0.15) is 21.6 Å². The smallest absolute Gasteiger partial charge is 0.270 e. The normalized spacial score (nSPS) is 10.7. The van der Waals surface area contributed by atoms with E-state index in [1.54, 1.807) is 0 Å². The fraction of sp³-hybridized carbons (Fsp3) is 0.250. The van der Waals surface area contributed by atoms with E-state index in [1.165, 1.54) is 18.2 Å². The summed E-state index contributed by atoms with van der Waals surface area (Å²) in [5.74, 6) is -1.04. The summed E-state index contributed by atoms with van der Waals surface area (Å²) in [5.41, 5.74) is 2.27. The van der Waals surface area contributed by atoms with Crippen LogP contribution in [-0.2, 0) is 13.1 Å². The van der Waals surface area contributed by atoms with Gasteiger partial charge in [-0.15, -0.1) is 0 Å². The molecule has 0 aliphatic carbocycles. The molecule has 1 aromatic heterocycles. The van der Waals surface area contributed by atoms with Crippen molar-refractivity contribution in [3.63, 3.8) is 0 Å². The minimum absolute atomic E-state index is 0.0834. The lowest BCUT2D eigenvalue weighted by Gasteiger charge is -2.14. The zero-order valence-electron chi connectivity index (χ0n) is 12.1. The summed E-state index contributed by atoms with van der Waals surface area (Å²) in [7, 11) is 3.98. The second-order valence-corrected chi connectivity index (χ2v) is 5.03. The van der Waals surface area contributed by atoms with Gasteiger partial charge in [0.05, 0.1) is 0 Å². The lowest BCUT2D eigenvalue weighted by molar-refractivity contribution is 0.0944. The van der Waals surface area contributed by atoms with Gasteiger partial charge in [0, 0.05) is 13.1 Å². The first kappa shape index (κ1) is 15.1. The van der Waals surface area contributed by atoms with E-state index in [-0.39, 0.29) is 11.6 Å². The number of amides is 1. The third-order valence-corrected chi connectivity index (χ3v) is 2.99. The lowest BCUT2D eigenvalue weighted by atomic mass is 10.1. The fourth-order valence-electron chi connectivity index (χ4n) is 2.03. The zero-order chi connectivity index (χ0) is 15.2. The van der Waals surface area contributed by atoms with Crippen LogP contribution in [0.25, 0.3) is 0 Å². The molecule has 0 unspecified atom stereocenters. The fourth-order valence-corrected chi connectivity index (χ4v) is 2.03. The van der Waals surface area contributed by atoms with Gasteiger partial charge in [-0.1, -0.05) is 30.3 Å². The van der Waals surface area contributed by atoms with Crippen LogP contribution in [0.4, 0.5) is 4.39 Å². The highest BCUT2D eigenvalue weighted by Gasteiger charge is 2.09. The third-order valence-electron chi connectivity index (χ3n) is 2.99. The van der Waals surface area contributed by atoms with Gasteiger partial charge in [-0.25, -0.2) is 4.98 Å². The number of hydrogen-bond donors (Lipinski definition) is 1. The Labute approximate surface area is 123 Å². The zero-order valence-corrected chi connectivity index (χ0v) is 12.1. The molecule has 0 fully saturated rings. The van der Waals surface area contributed by atoms with Crippen molar-refractivity contribution in [2.24, 2.45) is 0 Å². The minimum atomic E-state index is -0.657. The SMILES string of the molecule is CN(C)Cc1ccccc1CNC(=O)c1cccc(F)n1. The lowest BCUT2D eigenvalue weighted by Crippen LogP contribution is -2.25. The second-order valence-electron chi connectivity index (χ2n) is 5.03. The molecule has 0 saturated carbocycles. The highest BCUT2D eigenvalue weighted by Crippen LogP contribution is 2.10. The molecule has 0 spiro atoms. The van der Waals surface area contributed by atoms with Crippen LogP contribution in [0.5, 0.6) is 0 Å². The van der Waals surface area contributed by atoms with Crippen LogP contribution in [-0.4, -0.2) is 29.9 Å². The number of halogens is 1. The molecule has 0 aliphatic heterocycles. The maximum atomic E-state index is 13.0. The highest BCUT2D eigenvalue weighted by molar-refractivity contribution is 5.92. The number of pyridine rings is 1. The quantitative estimate of drug-likeness (QED) is 0.858. The van der Waals surface area contributed by atoms with E-state index in [1.807, 2.05) is 38.4 Å². The molecular weight excluding hydrogens is 269 g/mol. The standard InChI is InChI=1S/C16H18FN3O/c1-20(2)11-13-7-4-3-6-12(13)10-18-16(21)14-8-5-9-15(17)19-14/h3-9H,10-11H2,1-2H3,(H,18,21). The molecule has 1 amide bonds. The highest BCUT2D eigenvalue weighted by atomic mass is 19.1. The van der Waals surface area contributed by atoms with Gasteiger partial charge in [-0.05, 0) is 37.4 Å². The number of carbonyl (C=O) groups excluding carboxylic acids is 1. The first-order valence-corrected chi connectivity index (χ1v) is 6.68. The van der Waals surface area contributed by atoms with E-state index in [0.29, 0.717) is 6.54 Å². The van der Waals surface area contributed by atoms with Crippen LogP contribution in [0.2, 0.25) is 0 Å². The molecule has 2 aromatic rings. The molecule has 1 heterocycles. The Morgan fingerprint density at radius 1 is 1.14 bits per heavy atom. The average Bonchev–Trinajstić information content (AvgIpc) is 2.45. The van der Waals surface area contributed by atoms with E-state index >= 15 is 0 Å². The molecule has 5 heteroatoms. The molecule has 0 saturated heterocycles. The molecule has 1 aromatic carbocycles. The molecule has 1 N–H and O–H groups in total. The first-order chi connectivity index (χ1) is 10.1. The van der Waals surface area contributed by atoms with Crippen LogP contribution < -0.4 is 5.32 Å². The van der Waals surface area contributed by atoms with Crippen molar-refractivity contribution in [1.29, 1.82) is 0 Å². The number of hydrogen-bond acceptors (Lipinski definition) is 3. The average molecular weight is 287 g/mol. The van der Waals surface area contributed by atoms with Gasteiger partial charge in [0.2, 0.25) is 5.95 Å². The minimum Gasteiger partial charge on any atom is -0.347 e. The van der Waals surface area contributed by atoms with E-state index in [4.69, 9.17) is 0 Å². The summed E-state index contributed by atoms with van der Waals surface area (Å²) in [6.45, 7) is 1.19. The Morgan fingerprint density at radius 3 is 2.52 bits per heavy atom. The van der Waals surface area contributed by atoms with Gasteiger partial charge < -0.3 is 10.2 Å². The van der Waals surface area contributed by atoms with Gasteiger partial charge in [0.1, 0.15) is 5.69 Å². The summed E-state index contributed by atoms with van der Waals surface area (Å²) in [6, 6.07) is 12.1. The Hall–Kier alpha value is -2.27. The van der Waals surface area contributed by atoms with Crippen molar-refractivity contribution >= 4 is 5.91 Å². The molecule has 21 heavy (non-hydrogen) atoms. The van der Waals surface area contributed by atoms with E-state index in [2.05, 4.69) is 15.2 Å². The largest absolute Gasteiger partial charge is 0.347 e. The molecule has 0 atom stereocenters. The van der Waals surface area contributed by atoms with Crippen molar-refractivity contribution < 1.29 is 9.18 Å². The molecule has 110 valence electrons. The molecule has 0 aliphatic rings. The van der Waals surface area contributed by atoms with Crippen molar-refractivity contribution in [3.8, 4) is 0 Å². The molecule has 2 rings (SSSR count). The summed E-state index contributed by atoms with van der Waals surface area (Å²) >= 11 is 0.